The number of esters is 2. The average molecular weight is 144 g/mol. The molecule has 0 aromatic carbocycles. The maximum absolute atomic E-state index is 10.7. The van der Waals surface area contributed by atoms with Crippen LogP contribution in [0.15, 0.2) is 0 Å². The number of hydrogen-bond acceptors (Lipinski definition) is 4. The molecule has 1 heterocycles. The van der Waals surface area contributed by atoms with Crippen molar-refractivity contribution in [1.82, 2.24) is 0 Å². The molecule has 1 saturated heterocycles. The molecule has 0 saturated carbocycles. The van der Waals surface area contributed by atoms with Gasteiger partial charge in [-0.3, -0.25) is 0 Å². The van der Waals surface area contributed by atoms with Gasteiger partial charge >= 0.3 is 11.9 Å². The van der Waals surface area contributed by atoms with Crippen LogP contribution in [0.5, 0.6) is 0 Å². The summed E-state index contributed by atoms with van der Waals surface area (Å²) in [5.74, 6) is -0.909. The van der Waals surface area contributed by atoms with Crippen LogP contribution in [0.3, 0.4) is 0 Å². The fraction of sp³-hybridized carbons (Fsp3) is 0.667. The molecule has 0 aromatic rings. The second-order valence-corrected chi connectivity index (χ2v) is 1.99. The predicted octanol–water partition coefficient (Wildman–Crippen LogP) is -0.135. The van der Waals surface area contributed by atoms with E-state index in [1.54, 1.807) is 6.92 Å². The van der Waals surface area contributed by atoms with Gasteiger partial charge in [-0.15, -0.1) is 0 Å². The Hall–Kier alpha value is -1.06. The molecule has 1 fully saturated rings. The van der Waals surface area contributed by atoms with Gasteiger partial charge in [0, 0.05) is 0 Å². The summed E-state index contributed by atoms with van der Waals surface area (Å²) < 4.78 is 9.11. The van der Waals surface area contributed by atoms with Crippen LogP contribution in [-0.2, 0) is 19.1 Å². The molecule has 1 unspecified atom stereocenters. The molecule has 0 aromatic heterocycles. The third-order valence-electron chi connectivity index (χ3n) is 1.24. The smallest absolute Gasteiger partial charge is 0.348 e. The first kappa shape index (κ1) is 7.05. The van der Waals surface area contributed by atoms with Crippen molar-refractivity contribution in [3.8, 4) is 0 Å². The molecule has 4 nitrogen and oxygen atoms in total. The fourth-order valence-electron chi connectivity index (χ4n) is 0.714. The van der Waals surface area contributed by atoms with Gasteiger partial charge in [0.1, 0.15) is 0 Å². The predicted molar refractivity (Wildman–Crippen MR) is 31.1 cm³/mol. The zero-order chi connectivity index (χ0) is 7.56. The largest absolute Gasteiger partial charge is 0.451 e. The minimum Gasteiger partial charge on any atom is -0.451 e. The summed E-state index contributed by atoms with van der Waals surface area (Å²) in [5.41, 5.74) is 0. The minimum atomic E-state index is -0.679. The summed E-state index contributed by atoms with van der Waals surface area (Å²) in [7, 11) is 0. The normalized spacial score (nSPS) is 25.5. The molecular weight excluding hydrogens is 136 g/mol. The monoisotopic (exact) mass is 144 g/mol. The van der Waals surface area contributed by atoms with Crippen molar-refractivity contribution >= 4 is 11.9 Å². The number of carbonyl (C=O) groups is 2. The summed E-state index contributed by atoms with van der Waals surface area (Å²) >= 11 is 0. The van der Waals surface area contributed by atoms with Crippen molar-refractivity contribution in [3.63, 3.8) is 0 Å². The van der Waals surface area contributed by atoms with Gasteiger partial charge in [0.15, 0.2) is 12.7 Å². The van der Waals surface area contributed by atoms with E-state index < -0.39 is 18.0 Å². The maximum Gasteiger partial charge on any atom is 0.348 e. The van der Waals surface area contributed by atoms with Crippen LogP contribution in [0.25, 0.3) is 0 Å². The molecule has 4 heteroatoms. The second kappa shape index (κ2) is 2.68. The average Bonchev–Trinajstić information content (AvgIpc) is 1.94. The third kappa shape index (κ3) is 1.26. The van der Waals surface area contributed by atoms with E-state index in [0.717, 1.165) is 0 Å². The van der Waals surface area contributed by atoms with Crippen molar-refractivity contribution in [2.75, 3.05) is 6.61 Å². The van der Waals surface area contributed by atoms with E-state index in [1.807, 2.05) is 0 Å². The SMILES string of the molecule is CCC1OC(=O)COC1=O. The van der Waals surface area contributed by atoms with Crippen LogP contribution in [0.4, 0.5) is 0 Å². The highest BCUT2D eigenvalue weighted by molar-refractivity contribution is 5.85. The van der Waals surface area contributed by atoms with Crippen molar-refractivity contribution in [3.05, 3.63) is 0 Å². The lowest BCUT2D eigenvalue weighted by atomic mass is 10.3. The molecule has 10 heavy (non-hydrogen) atoms. The number of rotatable bonds is 1. The number of hydrogen-bond donors (Lipinski definition) is 0. The zero-order valence-electron chi connectivity index (χ0n) is 5.62. The lowest BCUT2D eigenvalue weighted by Gasteiger charge is -2.19. The Morgan fingerprint density at radius 2 is 2.30 bits per heavy atom. The molecule has 0 aliphatic carbocycles. The quantitative estimate of drug-likeness (QED) is 0.481. The molecule has 1 atom stereocenters. The lowest BCUT2D eigenvalue weighted by Crippen LogP contribution is -2.36. The van der Waals surface area contributed by atoms with Crippen molar-refractivity contribution < 1.29 is 19.1 Å². The van der Waals surface area contributed by atoms with E-state index >= 15 is 0 Å². The van der Waals surface area contributed by atoms with Gasteiger partial charge in [-0.25, -0.2) is 9.59 Å². The van der Waals surface area contributed by atoms with Crippen LogP contribution >= 0.6 is 0 Å². The Labute approximate surface area is 58.1 Å². The van der Waals surface area contributed by atoms with Gasteiger partial charge in [-0.2, -0.15) is 0 Å². The molecule has 56 valence electrons. The van der Waals surface area contributed by atoms with E-state index in [2.05, 4.69) is 9.47 Å². The number of ether oxygens (including phenoxy) is 2. The van der Waals surface area contributed by atoms with E-state index in [-0.39, 0.29) is 6.61 Å². The highest BCUT2D eigenvalue weighted by Crippen LogP contribution is 2.06. The van der Waals surface area contributed by atoms with Gasteiger partial charge in [0.2, 0.25) is 0 Å². The summed E-state index contributed by atoms with van der Waals surface area (Å²) in [6.45, 7) is 1.51. The van der Waals surface area contributed by atoms with Crippen LogP contribution in [0, 0.1) is 0 Å². The highest BCUT2D eigenvalue weighted by Gasteiger charge is 2.28. The summed E-state index contributed by atoms with van der Waals surface area (Å²) in [5, 5.41) is 0. The Bertz CT molecular complexity index is 163. The van der Waals surface area contributed by atoms with Gasteiger partial charge in [0.25, 0.3) is 0 Å². The molecule has 0 amide bonds. The van der Waals surface area contributed by atoms with E-state index in [9.17, 15) is 9.59 Å². The van der Waals surface area contributed by atoms with Crippen molar-refractivity contribution in [1.29, 1.82) is 0 Å². The van der Waals surface area contributed by atoms with E-state index in [1.165, 1.54) is 0 Å². The first-order valence-electron chi connectivity index (χ1n) is 3.10. The number of carbonyl (C=O) groups excluding carboxylic acids is 2. The molecule has 0 N–H and O–H groups in total. The van der Waals surface area contributed by atoms with Crippen molar-refractivity contribution in [2.45, 2.75) is 19.4 Å². The van der Waals surface area contributed by atoms with Gasteiger partial charge in [-0.1, -0.05) is 6.92 Å². The van der Waals surface area contributed by atoms with Crippen LogP contribution in [0.2, 0.25) is 0 Å². The fourth-order valence-corrected chi connectivity index (χ4v) is 0.714. The molecular formula is C6H8O4. The second-order valence-electron chi connectivity index (χ2n) is 1.99. The van der Waals surface area contributed by atoms with Crippen LogP contribution in [-0.4, -0.2) is 24.6 Å². The molecule has 1 rings (SSSR count). The summed E-state index contributed by atoms with van der Waals surface area (Å²) in [6, 6.07) is 0. The Morgan fingerprint density at radius 3 is 2.80 bits per heavy atom. The summed E-state index contributed by atoms with van der Waals surface area (Å²) in [6.07, 6.45) is -0.203. The first-order chi connectivity index (χ1) is 4.74. The topological polar surface area (TPSA) is 52.6 Å². The standard InChI is InChI=1S/C6H8O4/c1-2-4-6(8)9-3-5(7)10-4/h4H,2-3H2,1H3. The van der Waals surface area contributed by atoms with E-state index in [4.69, 9.17) is 0 Å². The number of cyclic esters (lactones) is 2. The van der Waals surface area contributed by atoms with E-state index in [0.29, 0.717) is 6.42 Å². The van der Waals surface area contributed by atoms with Crippen LogP contribution < -0.4 is 0 Å². The minimum absolute atomic E-state index is 0.241. The molecule has 0 spiro atoms. The summed E-state index contributed by atoms with van der Waals surface area (Å²) in [4.78, 5) is 21.1. The Kier molecular flexibility index (Phi) is 1.89. The Morgan fingerprint density at radius 1 is 1.60 bits per heavy atom. The maximum atomic E-state index is 10.7. The van der Waals surface area contributed by atoms with Gasteiger partial charge < -0.3 is 9.47 Å². The molecule has 1 aliphatic heterocycles. The molecule has 0 radical (unpaired) electrons. The van der Waals surface area contributed by atoms with Crippen LogP contribution in [0.1, 0.15) is 13.3 Å². The lowest BCUT2D eigenvalue weighted by molar-refractivity contribution is -0.184. The van der Waals surface area contributed by atoms with Gasteiger partial charge in [0.05, 0.1) is 0 Å². The first-order valence-corrected chi connectivity index (χ1v) is 3.10. The molecule has 0 bridgehead atoms. The zero-order valence-corrected chi connectivity index (χ0v) is 5.62. The highest BCUT2D eigenvalue weighted by atomic mass is 16.6. The third-order valence-corrected chi connectivity index (χ3v) is 1.24. The Balaban J connectivity index is 2.53. The van der Waals surface area contributed by atoms with Crippen molar-refractivity contribution in [2.24, 2.45) is 0 Å². The molecule has 1 aliphatic rings. The van der Waals surface area contributed by atoms with Gasteiger partial charge in [-0.05, 0) is 6.42 Å².